The van der Waals surface area contributed by atoms with Crippen molar-refractivity contribution in [1.29, 1.82) is 0 Å². The molecule has 0 aromatic heterocycles. The van der Waals surface area contributed by atoms with E-state index in [-0.39, 0.29) is 24.0 Å². The first-order valence-corrected chi connectivity index (χ1v) is 12.7. The van der Waals surface area contributed by atoms with Crippen LogP contribution in [-0.2, 0) is 14.3 Å². The van der Waals surface area contributed by atoms with Crippen molar-refractivity contribution in [2.24, 2.45) is 0 Å². The Kier molecular flexibility index (Phi) is 9.16. The summed E-state index contributed by atoms with van der Waals surface area (Å²) in [6.45, 7) is 4.93. The summed E-state index contributed by atoms with van der Waals surface area (Å²) in [5.41, 5.74) is 1.96. The van der Waals surface area contributed by atoms with Crippen LogP contribution >= 0.6 is 0 Å². The lowest BCUT2D eigenvalue weighted by Crippen LogP contribution is -2.43. The van der Waals surface area contributed by atoms with Gasteiger partial charge in [0.25, 0.3) is 5.91 Å². The minimum Gasteiger partial charge on any atom is -0.493 e. The fourth-order valence-electron chi connectivity index (χ4n) is 4.86. The Labute approximate surface area is 202 Å². The van der Waals surface area contributed by atoms with Crippen LogP contribution in [0, 0.1) is 0 Å². The number of ether oxygens (including phenoxy) is 2. The fourth-order valence-corrected chi connectivity index (χ4v) is 4.86. The minimum absolute atomic E-state index is 0.0167. The van der Waals surface area contributed by atoms with Gasteiger partial charge in [-0.15, -0.1) is 0 Å². The van der Waals surface area contributed by atoms with E-state index in [1.165, 1.54) is 18.4 Å². The van der Waals surface area contributed by atoms with Crippen molar-refractivity contribution in [3.63, 3.8) is 0 Å². The highest BCUT2D eigenvalue weighted by Crippen LogP contribution is 2.28. The lowest BCUT2D eigenvalue weighted by atomic mass is 9.94. The normalized spacial score (nSPS) is 21.0. The SMILES string of the molecule is O=C(CCCCNC(=O)c1ccccc1)NC(CC1=CC=C2OCCOC2C1)CN1CCCC1. The number of nitrogens with zero attached hydrogens (tertiary/aromatic N) is 1. The molecule has 2 aliphatic heterocycles. The van der Waals surface area contributed by atoms with E-state index < -0.39 is 0 Å². The van der Waals surface area contributed by atoms with Gasteiger partial charge in [-0.25, -0.2) is 0 Å². The molecule has 2 atom stereocenters. The second kappa shape index (κ2) is 12.7. The minimum atomic E-state index is -0.0685. The first kappa shape index (κ1) is 24.5. The molecule has 34 heavy (non-hydrogen) atoms. The van der Waals surface area contributed by atoms with Crippen LogP contribution in [0.4, 0.5) is 0 Å². The lowest BCUT2D eigenvalue weighted by Gasteiger charge is -2.31. The zero-order valence-corrected chi connectivity index (χ0v) is 20.0. The summed E-state index contributed by atoms with van der Waals surface area (Å²) in [5.74, 6) is 0.944. The molecule has 2 N–H and O–H groups in total. The lowest BCUT2D eigenvalue weighted by molar-refractivity contribution is -0.122. The average molecular weight is 468 g/mol. The highest BCUT2D eigenvalue weighted by molar-refractivity contribution is 5.94. The summed E-state index contributed by atoms with van der Waals surface area (Å²) >= 11 is 0. The Balaban J connectivity index is 1.21. The monoisotopic (exact) mass is 467 g/mol. The number of carbonyl (C=O) groups excluding carboxylic acids is 2. The first-order valence-electron chi connectivity index (χ1n) is 12.7. The molecule has 4 rings (SSSR count). The molecule has 2 amide bonds. The van der Waals surface area contributed by atoms with Gasteiger partial charge in [0.15, 0.2) is 0 Å². The maximum atomic E-state index is 12.7. The van der Waals surface area contributed by atoms with Gasteiger partial charge in [0.1, 0.15) is 18.5 Å². The van der Waals surface area contributed by atoms with Crippen molar-refractivity contribution in [2.45, 2.75) is 57.1 Å². The van der Waals surface area contributed by atoms with E-state index in [9.17, 15) is 9.59 Å². The van der Waals surface area contributed by atoms with Crippen LogP contribution in [0.2, 0.25) is 0 Å². The van der Waals surface area contributed by atoms with E-state index in [0.29, 0.717) is 31.7 Å². The number of allylic oxidation sites excluding steroid dienone is 2. The predicted molar refractivity (Wildman–Crippen MR) is 131 cm³/mol. The number of carbonyl (C=O) groups is 2. The molecule has 3 aliphatic rings. The van der Waals surface area contributed by atoms with Gasteiger partial charge in [-0.3, -0.25) is 9.59 Å². The molecule has 0 spiro atoms. The smallest absolute Gasteiger partial charge is 0.251 e. The molecule has 2 unspecified atom stereocenters. The average Bonchev–Trinajstić information content (AvgIpc) is 3.37. The van der Waals surface area contributed by atoms with Crippen LogP contribution in [-0.4, -0.2) is 68.3 Å². The molecule has 0 bridgehead atoms. The summed E-state index contributed by atoms with van der Waals surface area (Å²) in [6, 6.07) is 9.29. The van der Waals surface area contributed by atoms with Gasteiger partial charge in [0.05, 0.1) is 6.61 Å². The van der Waals surface area contributed by atoms with E-state index >= 15 is 0 Å². The molecule has 1 aromatic rings. The highest BCUT2D eigenvalue weighted by atomic mass is 16.6. The van der Waals surface area contributed by atoms with Gasteiger partial charge >= 0.3 is 0 Å². The summed E-state index contributed by atoms with van der Waals surface area (Å²) < 4.78 is 11.6. The molecule has 2 heterocycles. The second-order valence-electron chi connectivity index (χ2n) is 9.36. The molecule has 7 nitrogen and oxygen atoms in total. The van der Waals surface area contributed by atoms with Crippen LogP contribution in [0.15, 0.2) is 53.8 Å². The van der Waals surface area contributed by atoms with E-state index in [1.807, 2.05) is 24.3 Å². The summed E-state index contributed by atoms with van der Waals surface area (Å²) in [5, 5.41) is 6.21. The third-order valence-electron chi connectivity index (χ3n) is 6.62. The number of benzene rings is 1. The maximum Gasteiger partial charge on any atom is 0.251 e. The number of amides is 2. The summed E-state index contributed by atoms with van der Waals surface area (Å²) in [7, 11) is 0. The van der Waals surface area contributed by atoms with Crippen molar-refractivity contribution >= 4 is 11.8 Å². The first-order chi connectivity index (χ1) is 16.7. The Hall–Kier alpha value is -2.64. The third kappa shape index (κ3) is 7.43. The van der Waals surface area contributed by atoms with Crippen LogP contribution in [0.25, 0.3) is 0 Å². The zero-order chi connectivity index (χ0) is 23.6. The Morgan fingerprint density at radius 3 is 2.71 bits per heavy atom. The van der Waals surface area contributed by atoms with Crippen molar-refractivity contribution in [3.05, 3.63) is 59.4 Å². The quantitative estimate of drug-likeness (QED) is 0.489. The van der Waals surface area contributed by atoms with Crippen LogP contribution in [0.5, 0.6) is 0 Å². The van der Waals surface area contributed by atoms with E-state index in [1.54, 1.807) is 12.1 Å². The molecule has 2 saturated heterocycles. The number of nitrogens with one attached hydrogen (secondary N) is 2. The van der Waals surface area contributed by atoms with Crippen molar-refractivity contribution in [3.8, 4) is 0 Å². The number of unbranched alkanes of at least 4 members (excludes halogenated alkanes) is 1. The molecule has 184 valence electrons. The second-order valence-corrected chi connectivity index (χ2v) is 9.36. The van der Waals surface area contributed by atoms with E-state index in [2.05, 4.69) is 21.6 Å². The topological polar surface area (TPSA) is 79.9 Å². The number of hydrogen-bond acceptors (Lipinski definition) is 5. The van der Waals surface area contributed by atoms with Gasteiger partial charge in [0, 0.05) is 37.5 Å². The number of rotatable bonds is 11. The molecule has 0 saturated carbocycles. The van der Waals surface area contributed by atoms with Crippen molar-refractivity contribution in [2.75, 3.05) is 39.4 Å². The molecular formula is C27H37N3O4. The molecule has 2 fully saturated rings. The molecule has 1 aromatic carbocycles. The Morgan fingerprint density at radius 1 is 1.06 bits per heavy atom. The molecular weight excluding hydrogens is 430 g/mol. The fraction of sp³-hybridized carbons (Fsp3) is 0.556. The Bertz CT molecular complexity index is 877. The molecule has 1 aliphatic carbocycles. The van der Waals surface area contributed by atoms with Crippen LogP contribution in [0.1, 0.15) is 55.3 Å². The zero-order valence-electron chi connectivity index (χ0n) is 20.0. The van der Waals surface area contributed by atoms with Gasteiger partial charge < -0.3 is 25.0 Å². The van der Waals surface area contributed by atoms with Gasteiger partial charge in [0.2, 0.25) is 5.91 Å². The van der Waals surface area contributed by atoms with Crippen molar-refractivity contribution in [1.82, 2.24) is 15.5 Å². The number of hydrogen-bond donors (Lipinski definition) is 2. The highest BCUT2D eigenvalue weighted by Gasteiger charge is 2.27. The summed E-state index contributed by atoms with van der Waals surface area (Å²) in [6.07, 6.45) is 10.3. The summed E-state index contributed by atoms with van der Waals surface area (Å²) in [4.78, 5) is 27.3. The largest absolute Gasteiger partial charge is 0.493 e. The van der Waals surface area contributed by atoms with Crippen LogP contribution in [0.3, 0.4) is 0 Å². The van der Waals surface area contributed by atoms with Gasteiger partial charge in [-0.05, 0) is 63.4 Å². The molecule has 0 radical (unpaired) electrons. The van der Waals surface area contributed by atoms with Crippen molar-refractivity contribution < 1.29 is 19.1 Å². The third-order valence-corrected chi connectivity index (χ3v) is 6.62. The number of fused-ring (bicyclic) bond motifs is 1. The Morgan fingerprint density at radius 2 is 1.88 bits per heavy atom. The van der Waals surface area contributed by atoms with E-state index in [0.717, 1.165) is 51.1 Å². The van der Waals surface area contributed by atoms with E-state index in [4.69, 9.17) is 9.47 Å². The predicted octanol–water partition coefficient (Wildman–Crippen LogP) is 3.19. The van der Waals surface area contributed by atoms with Crippen LogP contribution < -0.4 is 10.6 Å². The van der Waals surface area contributed by atoms with Gasteiger partial charge in [-0.2, -0.15) is 0 Å². The standard InChI is InChI=1S/C27H37N3O4/c31-26(10-4-5-13-28-27(32)22-8-2-1-3-9-22)29-23(20-30-14-6-7-15-30)18-21-11-12-24-25(19-21)34-17-16-33-24/h1-3,8-9,11-12,23,25H,4-7,10,13-20H2,(H,28,32)(H,29,31). The maximum absolute atomic E-state index is 12.7. The molecule has 7 heteroatoms. The van der Waals surface area contributed by atoms with Gasteiger partial charge in [-0.1, -0.05) is 29.8 Å². The number of likely N-dealkylation sites (tertiary alicyclic amines) is 1.